The first kappa shape index (κ1) is 20.5. The average Bonchev–Trinajstić information content (AvgIpc) is 2.72. The summed E-state index contributed by atoms with van der Waals surface area (Å²) in [4.78, 5) is 2.10. The molecule has 0 bridgehead atoms. The number of nitrogens with zero attached hydrogens (tertiary/aromatic N) is 2. The number of pyridine rings is 1. The van der Waals surface area contributed by atoms with Crippen molar-refractivity contribution in [2.75, 3.05) is 11.9 Å². The molecule has 4 rings (SSSR count). The number of anilines is 1. The predicted molar refractivity (Wildman–Crippen MR) is 130 cm³/mol. The highest BCUT2D eigenvalue weighted by Gasteiger charge is 2.13. The number of halogens is 2. The van der Waals surface area contributed by atoms with Crippen molar-refractivity contribution in [3.8, 4) is 0 Å². The van der Waals surface area contributed by atoms with Gasteiger partial charge in [-0.05, 0) is 54.5 Å². The Morgan fingerprint density at radius 2 is 1.80 bits per heavy atom. The molecule has 0 unspecified atom stereocenters. The first-order chi connectivity index (χ1) is 14.4. The van der Waals surface area contributed by atoms with Crippen LogP contribution < -0.4 is 9.47 Å². The van der Waals surface area contributed by atoms with Gasteiger partial charge in [-0.1, -0.05) is 53.1 Å². The van der Waals surface area contributed by atoms with E-state index in [0.29, 0.717) is 0 Å². The summed E-state index contributed by atoms with van der Waals surface area (Å²) in [5.74, 6) is 0. The number of hydrogen-bond donors (Lipinski definition) is 0. The van der Waals surface area contributed by atoms with Gasteiger partial charge in [0.1, 0.15) is 7.05 Å². The fourth-order valence-corrected chi connectivity index (χ4v) is 3.95. The van der Waals surface area contributed by atoms with Gasteiger partial charge in [0.25, 0.3) is 0 Å². The van der Waals surface area contributed by atoms with Crippen molar-refractivity contribution < 1.29 is 4.57 Å². The van der Waals surface area contributed by atoms with Crippen molar-refractivity contribution in [1.82, 2.24) is 0 Å². The van der Waals surface area contributed by atoms with Crippen LogP contribution >= 0.6 is 23.2 Å². The molecule has 1 aromatic heterocycles. The third-order valence-corrected chi connectivity index (χ3v) is 5.78. The lowest BCUT2D eigenvalue weighted by molar-refractivity contribution is -0.644. The van der Waals surface area contributed by atoms with Crippen LogP contribution in [0.3, 0.4) is 0 Å². The fraction of sp³-hybridized carbons (Fsp3) is 0.115. The average molecular weight is 434 g/mol. The summed E-state index contributed by atoms with van der Waals surface area (Å²) < 4.78 is 2.10. The maximum atomic E-state index is 6.23. The molecule has 1 aliphatic rings. The minimum absolute atomic E-state index is 0.742. The zero-order chi connectivity index (χ0) is 21.3. The second-order valence-corrected chi connectivity index (χ2v) is 8.37. The Labute approximate surface area is 187 Å². The third kappa shape index (κ3) is 4.21. The van der Waals surface area contributed by atoms with Gasteiger partial charge in [-0.15, -0.1) is 0 Å². The summed E-state index contributed by atoms with van der Waals surface area (Å²) >= 11 is 12.5. The Hall–Kier alpha value is -2.81. The van der Waals surface area contributed by atoms with Crippen LogP contribution in [-0.4, -0.2) is 7.05 Å². The summed E-state index contributed by atoms with van der Waals surface area (Å²) in [5.41, 5.74) is 6.87. The number of hydrogen-bond acceptors (Lipinski definition) is 1. The van der Waals surface area contributed by atoms with Gasteiger partial charge in [0.05, 0.1) is 5.39 Å². The van der Waals surface area contributed by atoms with Gasteiger partial charge in [-0.25, -0.2) is 4.57 Å². The number of aromatic nitrogens is 1. The number of rotatable bonds is 3. The zero-order valence-electron chi connectivity index (χ0n) is 17.2. The van der Waals surface area contributed by atoms with Crippen molar-refractivity contribution in [3.63, 3.8) is 0 Å². The van der Waals surface area contributed by atoms with Gasteiger partial charge >= 0.3 is 0 Å². The van der Waals surface area contributed by atoms with E-state index in [4.69, 9.17) is 23.2 Å². The summed E-state index contributed by atoms with van der Waals surface area (Å²) in [7, 11) is 4.08. The van der Waals surface area contributed by atoms with Crippen molar-refractivity contribution in [2.45, 2.75) is 6.92 Å². The monoisotopic (exact) mass is 433 g/mol. The molecule has 0 atom stereocenters. The van der Waals surface area contributed by atoms with E-state index in [1.165, 1.54) is 0 Å². The van der Waals surface area contributed by atoms with Crippen molar-refractivity contribution in [2.24, 2.45) is 7.05 Å². The van der Waals surface area contributed by atoms with E-state index in [1.807, 2.05) is 38.4 Å². The van der Waals surface area contributed by atoms with Gasteiger partial charge in [0.2, 0.25) is 5.52 Å². The summed E-state index contributed by atoms with van der Waals surface area (Å²) in [6.45, 7) is 2.10. The Morgan fingerprint density at radius 3 is 2.63 bits per heavy atom. The van der Waals surface area contributed by atoms with E-state index in [9.17, 15) is 0 Å². The largest absolute Gasteiger partial charge is 0.351 e. The number of allylic oxidation sites excluding steroid dienone is 6. The van der Waals surface area contributed by atoms with Gasteiger partial charge < -0.3 is 4.90 Å². The lowest BCUT2D eigenvalue weighted by atomic mass is 9.99. The van der Waals surface area contributed by atoms with Gasteiger partial charge in [-0.3, -0.25) is 0 Å². The number of fused-ring (bicyclic) bond motifs is 2. The van der Waals surface area contributed by atoms with E-state index in [1.54, 1.807) is 0 Å². The minimum atomic E-state index is 0.742. The summed E-state index contributed by atoms with van der Waals surface area (Å²) in [6, 6.07) is 14.1. The lowest BCUT2D eigenvalue weighted by Gasteiger charge is -2.23. The van der Waals surface area contributed by atoms with Crippen LogP contribution in [0.4, 0.5) is 5.69 Å². The Kier molecular flexibility index (Phi) is 5.80. The lowest BCUT2D eigenvalue weighted by Crippen LogP contribution is -2.28. The molecule has 0 fully saturated rings. The van der Waals surface area contributed by atoms with Crippen LogP contribution in [0.2, 0.25) is 10.0 Å². The molecule has 0 amide bonds. The molecule has 0 radical (unpaired) electrons. The Morgan fingerprint density at radius 1 is 1.03 bits per heavy atom. The smallest absolute Gasteiger partial charge is 0.212 e. The molecule has 4 heteroatoms. The molecule has 0 N–H and O–H groups in total. The third-order valence-electron chi connectivity index (χ3n) is 5.31. The first-order valence-corrected chi connectivity index (χ1v) is 10.5. The molecule has 0 saturated heterocycles. The molecule has 2 nitrogen and oxygen atoms in total. The zero-order valence-corrected chi connectivity index (χ0v) is 18.7. The molecule has 0 aliphatic carbocycles. The first-order valence-electron chi connectivity index (χ1n) is 9.78. The summed E-state index contributed by atoms with van der Waals surface area (Å²) in [6.07, 6.45) is 14.8. The maximum absolute atomic E-state index is 6.23. The molecule has 0 saturated carbocycles. The van der Waals surface area contributed by atoms with E-state index in [-0.39, 0.29) is 0 Å². The van der Waals surface area contributed by atoms with Crippen LogP contribution in [0.1, 0.15) is 18.1 Å². The number of aryl methyl sites for hydroxylation is 1. The number of benzene rings is 2. The molecular weight excluding hydrogens is 411 g/mol. The second-order valence-electron chi connectivity index (χ2n) is 7.50. The quantitative estimate of drug-likeness (QED) is 0.319. The summed E-state index contributed by atoms with van der Waals surface area (Å²) in [5, 5.41) is 2.62. The van der Waals surface area contributed by atoms with Crippen molar-refractivity contribution in [1.29, 1.82) is 0 Å². The molecule has 1 aliphatic heterocycles. The minimum Gasteiger partial charge on any atom is -0.351 e. The van der Waals surface area contributed by atoms with Crippen molar-refractivity contribution >= 4 is 51.4 Å². The molecule has 2 aromatic carbocycles. The topological polar surface area (TPSA) is 7.12 Å². The standard InChI is InChI=1S/C26H23Cl2N2/c1-18(4-6-19-12-14-29(2)25-10-8-21(27)16-23(19)25)5-7-20-13-15-30(3)26-11-9-22(28)17-24(20)26/h4-17H,1-3H3/q+1. The Bertz CT molecular complexity index is 1250. The van der Waals surface area contributed by atoms with Crippen LogP contribution in [0, 0.1) is 0 Å². The predicted octanol–water partition coefficient (Wildman–Crippen LogP) is 6.98. The highest BCUT2D eigenvalue weighted by Crippen LogP contribution is 2.34. The van der Waals surface area contributed by atoms with Crippen LogP contribution in [-0.2, 0) is 7.05 Å². The fourth-order valence-electron chi connectivity index (χ4n) is 3.61. The molecule has 150 valence electrons. The van der Waals surface area contributed by atoms with E-state index >= 15 is 0 Å². The van der Waals surface area contributed by atoms with Crippen molar-refractivity contribution in [3.05, 3.63) is 106 Å². The molecule has 0 spiro atoms. The molecule has 30 heavy (non-hydrogen) atoms. The Balaban J connectivity index is 1.65. The van der Waals surface area contributed by atoms with Gasteiger partial charge in [-0.2, -0.15) is 0 Å². The van der Waals surface area contributed by atoms with E-state index in [0.717, 1.165) is 48.9 Å². The second kappa shape index (κ2) is 8.51. The maximum Gasteiger partial charge on any atom is 0.212 e. The van der Waals surface area contributed by atoms with Gasteiger partial charge in [0.15, 0.2) is 6.20 Å². The van der Waals surface area contributed by atoms with E-state index in [2.05, 4.69) is 77.4 Å². The van der Waals surface area contributed by atoms with Crippen LogP contribution in [0.25, 0.3) is 22.6 Å². The molecule has 3 aromatic rings. The van der Waals surface area contributed by atoms with Gasteiger partial charge in [0, 0.05) is 46.7 Å². The van der Waals surface area contributed by atoms with Crippen LogP contribution in [0.15, 0.2) is 84.7 Å². The van der Waals surface area contributed by atoms with Crippen LogP contribution in [0.5, 0.6) is 0 Å². The SMILES string of the molecule is CC(/C=C/c1cc[n+](C)c2ccc(Cl)cc12)=C\C=C1/C=CN(C)c2ccc(Cl)cc21. The normalized spacial score (nSPS) is 15.4. The van der Waals surface area contributed by atoms with E-state index < -0.39 is 0 Å². The highest BCUT2D eigenvalue weighted by molar-refractivity contribution is 6.31. The highest BCUT2D eigenvalue weighted by atomic mass is 35.5. The molecule has 2 heterocycles. The molecular formula is C26H23Cl2N2+.